The van der Waals surface area contributed by atoms with Crippen molar-refractivity contribution in [2.45, 2.75) is 29.7 Å². The number of hydrazone groups is 1. The van der Waals surface area contributed by atoms with Gasteiger partial charge in [0.1, 0.15) is 6.04 Å². The minimum Gasteiger partial charge on any atom is -0.318 e. The fourth-order valence-corrected chi connectivity index (χ4v) is 8.45. The number of rotatable bonds is 8. The Balaban J connectivity index is 1.42. The number of halogens is 2. The SMILES string of the molecule is Cc1cc(/C=N\NC(=O)[C@@H]2CN(S(=O)(=O)c3ccccc3)CCN2S(=O)(=O)c2ccccc2)c(C)n1-c1ccc(Cl)c(Cl)c1. The monoisotopic (exact) mass is 673 g/mol. The van der Waals surface area contributed by atoms with Crippen LogP contribution in [-0.4, -0.2) is 67.8 Å². The van der Waals surface area contributed by atoms with Gasteiger partial charge in [-0.15, -0.1) is 0 Å². The van der Waals surface area contributed by atoms with Crippen LogP contribution in [-0.2, 0) is 24.8 Å². The molecule has 0 radical (unpaired) electrons. The van der Waals surface area contributed by atoms with Gasteiger partial charge in [0.15, 0.2) is 0 Å². The van der Waals surface area contributed by atoms with Crippen molar-refractivity contribution in [1.82, 2.24) is 18.6 Å². The summed E-state index contributed by atoms with van der Waals surface area (Å²) in [5.74, 6) is -0.771. The number of piperazine rings is 1. The van der Waals surface area contributed by atoms with Crippen LogP contribution in [0, 0.1) is 13.8 Å². The molecule has 4 aromatic rings. The Kier molecular flexibility index (Phi) is 9.30. The Hall–Kier alpha value is -3.52. The van der Waals surface area contributed by atoms with E-state index >= 15 is 0 Å². The molecule has 2 heterocycles. The molecule has 1 fully saturated rings. The first-order chi connectivity index (χ1) is 20.9. The van der Waals surface area contributed by atoms with E-state index in [0.29, 0.717) is 15.6 Å². The Bertz CT molecular complexity index is 1930. The van der Waals surface area contributed by atoms with Gasteiger partial charge in [-0.05, 0) is 62.4 Å². The van der Waals surface area contributed by atoms with Gasteiger partial charge in [-0.3, -0.25) is 4.79 Å². The zero-order valence-electron chi connectivity index (χ0n) is 23.8. The van der Waals surface area contributed by atoms with Crippen molar-refractivity contribution in [1.29, 1.82) is 0 Å². The van der Waals surface area contributed by atoms with Crippen LogP contribution in [0.3, 0.4) is 0 Å². The summed E-state index contributed by atoms with van der Waals surface area (Å²) in [4.78, 5) is 13.6. The van der Waals surface area contributed by atoms with E-state index in [9.17, 15) is 21.6 Å². The summed E-state index contributed by atoms with van der Waals surface area (Å²) in [5.41, 5.74) is 5.61. The molecule has 1 aromatic heterocycles. The van der Waals surface area contributed by atoms with Gasteiger partial charge < -0.3 is 4.57 Å². The van der Waals surface area contributed by atoms with Crippen LogP contribution < -0.4 is 5.43 Å². The summed E-state index contributed by atoms with van der Waals surface area (Å²) in [6.07, 6.45) is 1.45. The van der Waals surface area contributed by atoms with Crippen LogP contribution >= 0.6 is 23.2 Å². The van der Waals surface area contributed by atoms with Gasteiger partial charge in [0.05, 0.1) is 26.1 Å². The average Bonchev–Trinajstić information content (AvgIpc) is 3.31. The second kappa shape index (κ2) is 12.8. The van der Waals surface area contributed by atoms with Gasteiger partial charge in [-0.25, -0.2) is 22.3 Å². The number of carbonyl (C=O) groups is 1. The standard InChI is InChI=1S/C30H29Cl2N5O5S2/c1-21-17-23(22(2)37(21)24-13-14-27(31)28(32)18-24)19-33-34-30(38)29-20-35(43(39,40)25-9-5-3-6-10-25)15-16-36(29)44(41,42)26-11-7-4-8-12-26/h3-14,17-19,29H,15-16,20H2,1-2H3,(H,34,38)/b33-19-/t29-/m0/s1. The molecule has 0 unspecified atom stereocenters. The van der Waals surface area contributed by atoms with Gasteiger partial charge >= 0.3 is 0 Å². The highest BCUT2D eigenvalue weighted by Gasteiger charge is 2.43. The smallest absolute Gasteiger partial charge is 0.259 e. The summed E-state index contributed by atoms with van der Waals surface area (Å²) >= 11 is 12.3. The maximum absolute atomic E-state index is 13.6. The van der Waals surface area contributed by atoms with Crippen molar-refractivity contribution in [2.24, 2.45) is 5.10 Å². The average molecular weight is 675 g/mol. The molecule has 44 heavy (non-hydrogen) atoms. The molecule has 5 rings (SSSR count). The third-order valence-corrected chi connectivity index (χ3v) is 11.9. The molecule has 0 bridgehead atoms. The number of nitrogens with zero attached hydrogens (tertiary/aromatic N) is 4. The fourth-order valence-electron chi connectivity index (χ4n) is 5.11. The molecule has 14 heteroatoms. The van der Waals surface area contributed by atoms with E-state index in [-0.39, 0.29) is 22.9 Å². The van der Waals surface area contributed by atoms with Crippen LogP contribution in [0.2, 0.25) is 10.0 Å². The van der Waals surface area contributed by atoms with E-state index < -0.39 is 38.5 Å². The topological polar surface area (TPSA) is 121 Å². The predicted octanol–water partition coefficient (Wildman–Crippen LogP) is 4.62. The van der Waals surface area contributed by atoms with E-state index in [1.807, 2.05) is 30.5 Å². The lowest BCUT2D eigenvalue weighted by atomic mass is 10.2. The summed E-state index contributed by atoms with van der Waals surface area (Å²) in [6.45, 7) is 3.03. The highest BCUT2D eigenvalue weighted by molar-refractivity contribution is 7.89. The molecule has 1 aliphatic rings. The van der Waals surface area contributed by atoms with Gasteiger partial charge in [-0.2, -0.15) is 13.7 Å². The highest BCUT2D eigenvalue weighted by Crippen LogP contribution is 2.28. The van der Waals surface area contributed by atoms with E-state index in [0.717, 1.165) is 25.7 Å². The largest absolute Gasteiger partial charge is 0.318 e. The maximum Gasteiger partial charge on any atom is 0.259 e. The van der Waals surface area contributed by atoms with Gasteiger partial charge in [0.2, 0.25) is 20.0 Å². The van der Waals surface area contributed by atoms with E-state index in [1.54, 1.807) is 48.5 Å². The molecule has 1 aliphatic heterocycles. The molecule has 1 saturated heterocycles. The highest BCUT2D eigenvalue weighted by atomic mass is 35.5. The van der Waals surface area contributed by atoms with Crippen molar-refractivity contribution < 1.29 is 21.6 Å². The van der Waals surface area contributed by atoms with Crippen molar-refractivity contribution in [3.63, 3.8) is 0 Å². The Morgan fingerprint density at radius 2 is 1.45 bits per heavy atom. The summed E-state index contributed by atoms with van der Waals surface area (Å²) in [5, 5.41) is 4.96. The molecule has 3 aromatic carbocycles. The molecule has 1 N–H and O–H groups in total. The van der Waals surface area contributed by atoms with Crippen LogP contribution in [0.1, 0.15) is 17.0 Å². The summed E-state index contributed by atoms with van der Waals surface area (Å²) in [7, 11) is -8.13. The van der Waals surface area contributed by atoms with E-state index in [2.05, 4.69) is 10.5 Å². The molecule has 10 nitrogen and oxygen atoms in total. The lowest BCUT2D eigenvalue weighted by Crippen LogP contribution is -2.60. The third-order valence-electron chi connectivity index (χ3n) is 7.34. The number of aromatic nitrogens is 1. The van der Waals surface area contributed by atoms with Gasteiger partial charge in [0.25, 0.3) is 5.91 Å². The van der Waals surface area contributed by atoms with Gasteiger partial charge in [0, 0.05) is 42.3 Å². The molecule has 0 spiro atoms. The van der Waals surface area contributed by atoms with Crippen molar-refractivity contribution in [2.75, 3.05) is 19.6 Å². The lowest BCUT2D eigenvalue weighted by Gasteiger charge is -2.38. The molecule has 0 saturated carbocycles. The molecule has 1 amide bonds. The normalized spacial score (nSPS) is 16.8. The van der Waals surface area contributed by atoms with Crippen molar-refractivity contribution in [3.8, 4) is 5.69 Å². The fraction of sp³-hybridized carbons (Fsp3) is 0.200. The second-order valence-corrected chi connectivity index (χ2v) is 14.8. The lowest BCUT2D eigenvalue weighted by molar-refractivity contribution is -0.125. The molecule has 230 valence electrons. The van der Waals surface area contributed by atoms with Crippen LogP contribution in [0.15, 0.2) is 99.8 Å². The Morgan fingerprint density at radius 1 is 0.841 bits per heavy atom. The Morgan fingerprint density at radius 3 is 2.07 bits per heavy atom. The number of aryl methyl sites for hydroxylation is 1. The van der Waals surface area contributed by atoms with Gasteiger partial charge in [-0.1, -0.05) is 59.6 Å². The first kappa shape index (κ1) is 31.9. The van der Waals surface area contributed by atoms with Crippen molar-refractivity contribution >= 4 is 55.4 Å². The Labute approximate surface area is 266 Å². The minimum atomic E-state index is -4.14. The molecular weight excluding hydrogens is 645 g/mol. The first-order valence-corrected chi connectivity index (χ1v) is 17.1. The number of amides is 1. The first-order valence-electron chi connectivity index (χ1n) is 13.5. The summed E-state index contributed by atoms with van der Waals surface area (Å²) < 4.78 is 58.1. The number of benzene rings is 3. The maximum atomic E-state index is 13.6. The number of hydrogen-bond donors (Lipinski definition) is 1. The van der Waals surface area contributed by atoms with E-state index in [1.165, 1.54) is 30.5 Å². The van der Waals surface area contributed by atoms with Crippen LogP contribution in [0.4, 0.5) is 0 Å². The summed E-state index contributed by atoms with van der Waals surface area (Å²) in [6, 6.07) is 21.3. The number of sulfonamides is 2. The zero-order chi connectivity index (χ0) is 31.6. The predicted molar refractivity (Wildman–Crippen MR) is 170 cm³/mol. The van der Waals surface area contributed by atoms with Crippen LogP contribution in [0.5, 0.6) is 0 Å². The minimum absolute atomic E-state index is 0.00425. The molecule has 1 atom stereocenters. The van der Waals surface area contributed by atoms with Crippen molar-refractivity contribution in [3.05, 3.63) is 112 Å². The van der Waals surface area contributed by atoms with E-state index in [4.69, 9.17) is 23.2 Å². The number of nitrogens with one attached hydrogen (secondary N) is 1. The number of hydrogen-bond acceptors (Lipinski definition) is 6. The molecule has 0 aliphatic carbocycles. The molecular formula is C30H29Cl2N5O5S2. The quantitative estimate of drug-likeness (QED) is 0.216. The zero-order valence-corrected chi connectivity index (χ0v) is 26.9. The van der Waals surface area contributed by atoms with Crippen LogP contribution in [0.25, 0.3) is 5.69 Å². The second-order valence-electron chi connectivity index (χ2n) is 10.1. The number of carbonyl (C=O) groups excluding carboxylic acids is 1. The third kappa shape index (κ3) is 6.32.